The number of carbonyl (C=O) groups is 1. The minimum Gasteiger partial charge on any atom is -0.361 e. The van der Waals surface area contributed by atoms with E-state index in [1.54, 1.807) is 22.2 Å². The smallest absolute Gasteiger partial charge is 0.259 e. The second kappa shape index (κ2) is 7.24. The molecule has 0 spiro atoms. The molecule has 0 atom stereocenters. The Morgan fingerprint density at radius 3 is 2.78 bits per heavy atom. The molecule has 0 radical (unpaired) electrons. The first-order valence-corrected chi connectivity index (χ1v) is 9.37. The first kappa shape index (κ1) is 17.3. The van der Waals surface area contributed by atoms with Crippen LogP contribution in [0.25, 0.3) is 5.65 Å². The van der Waals surface area contributed by atoms with E-state index in [1.807, 2.05) is 56.4 Å². The quantitative estimate of drug-likeness (QED) is 0.530. The van der Waals surface area contributed by atoms with Gasteiger partial charge in [-0.1, -0.05) is 23.4 Å². The number of thioether (sulfide) groups is 1. The predicted octanol–water partition coefficient (Wildman–Crippen LogP) is 3.88. The Bertz CT molecular complexity index is 1100. The Kier molecular flexibility index (Phi) is 4.64. The van der Waals surface area contributed by atoms with Gasteiger partial charge in [0.2, 0.25) is 5.95 Å². The van der Waals surface area contributed by atoms with Gasteiger partial charge in [-0.15, -0.1) is 22.0 Å². The van der Waals surface area contributed by atoms with Crippen LogP contribution in [0, 0.1) is 13.8 Å². The summed E-state index contributed by atoms with van der Waals surface area (Å²) in [5.74, 6) is 1.65. The SMILES string of the molecule is Cc1noc(C)c1CSc1ccccc1C(=O)Nc1nnc2ccccn12. The number of aromatic nitrogens is 4. The lowest BCUT2D eigenvalue weighted by molar-refractivity contribution is 0.102. The molecule has 3 heterocycles. The first-order valence-electron chi connectivity index (χ1n) is 8.38. The number of nitrogens with zero attached hydrogens (tertiary/aromatic N) is 4. The Labute approximate surface area is 159 Å². The molecule has 1 amide bonds. The van der Waals surface area contributed by atoms with Gasteiger partial charge in [-0.25, -0.2) is 0 Å². The molecule has 7 nitrogen and oxygen atoms in total. The van der Waals surface area contributed by atoms with E-state index in [-0.39, 0.29) is 5.91 Å². The number of carbonyl (C=O) groups excluding carboxylic acids is 1. The maximum atomic E-state index is 12.8. The Morgan fingerprint density at radius 1 is 1.15 bits per heavy atom. The average molecular weight is 379 g/mol. The molecule has 3 aromatic heterocycles. The summed E-state index contributed by atoms with van der Waals surface area (Å²) in [6.45, 7) is 3.81. The summed E-state index contributed by atoms with van der Waals surface area (Å²) in [6, 6.07) is 13.1. The highest BCUT2D eigenvalue weighted by atomic mass is 32.2. The normalized spacial score (nSPS) is 11.0. The van der Waals surface area contributed by atoms with Crippen molar-refractivity contribution in [3.8, 4) is 0 Å². The Morgan fingerprint density at radius 2 is 1.96 bits per heavy atom. The van der Waals surface area contributed by atoms with Crippen LogP contribution in [-0.2, 0) is 5.75 Å². The standard InChI is InChI=1S/C19H17N5O2S/c1-12-15(13(2)26-23-12)11-27-16-8-4-3-7-14(16)18(25)20-19-22-21-17-9-5-6-10-24(17)19/h3-10H,11H2,1-2H3,(H,20,22,25). The molecule has 136 valence electrons. The second-order valence-corrected chi connectivity index (χ2v) is 7.01. The van der Waals surface area contributed by atoms with Gasteiger partial charge in [0, 0.05) is 22.4 Å². The topological polar surface area (TPSA) is 85.3 Å². The molecule has 0 saturated carbocycles. The van der Waals surface area contributed by atoms with Crippen molar-refractivity contribution in [1.82, 2.24) is 19.8 Å². The van der Waals surface area contributed by atoms with E-state index in [0.29, 0.717) is 22.9 Å². The van der Waals surface area contributed by atoms with Crippen LogP contribution in [0.2, 0.25) is 0 Å². The van der Waals surface area contributed by atoms with Crippen LogP contribution in [0.15, 0.2) is 58.1 Å². The predicted molar refractivity (Wildman–Crippen MR) is 103 cm³/mol. The molecule has 0 unspecified atom stereocenters. The molecule has 0 aliphatic carbocycles. The fourth-order valence-electron chi connectivity index (χ4n) is 2.73. The van der Waals surface area contributed by atoms with E-state index in [9.17, 15) is 4.79 Å². The van der Waals surface area contributed by atoms with Gasteiger partial charge in [-0.2, -0.15) is 0 Å². The lowest BCUT2D eigenvalue weighted by Gasteiger charge is -2.09. The molecule has 27 heavy (non-hydrogen) atoms. The zero-order valence-corrected chi connectivity index (χ0v) is 15.7. The number of rotatable bonds is 5. The molecule has 1 aromatic carbocycles. The number of aryl methyl sites for hydroxylation is 2. The van der Waals surface area contributed by atoms with Gasteiger partial charge in [-0.05, 0) is 38.1 Å². The summed E-state index contributed by atoms with van der Waals surface area (Å²) in [7, 11) is 0. The largest absolute Gasteiger partial charge is 0.361 e. The van der Waals surface area contributed by atoms with Crippen LogP contribution in [-0.4, -0.2) is 25.7 Å². The van der Waals surface area contributed by atoms with Crippen molar-refractivity contribution in [2.75, 3.05) is 5.32 Å². The molecular weight excluding hydrogens is 362 g/mol. The van der Waals surface area contributed by atoms with E-state index in [4.69, 9.17) is 4.52 Å². The molecule has 8 heteroatoms. The van der Waals surface area contributed by atoms with E-state index in [0.717, 1.165) is 21.9 Å². The van der Waals surface area contributed by atoms with Crippen molar-refractivity contribution in [1.29, 1.82) is 0 Å². The molecule has 1 N–H and O–H groups in total. The molecule has 0 aliphatic heterocycles. The first-order chi connectivity index (χ1) is 13.1. The van der Waals surface area contributed by atoms with Gasteiger partial charge in [0.05, 0.1) is 11.3 Å². The summed E-state index contributed by atoms with van der Waals surface area (Å²) in [5.41, 5.74) is 3.19. The number of benzene rings is 1. The second-order valence-electron chi connectivity index (χ2n) is 5.99. The van der Waals surface area contributed by atoms with E-state index < -0.39 is 0 Å². The van der Waals surface area contributed by atoms with Crippen LogP contribution in [0.3, 0.4) is 0 Å². The zero-order valence-electron chi connectivity index (χ0n) is 14.8. The van der Waals surface area contributed by atoms with Gasteiger partial charge >= 0.3 is 0 Å². The number of pyridine rings is 1. The van der Waals surface area contributed by atoms with Gasteiger partial charge in [-0.3, -0.25) is 14.5 Å². The highest BCUT2D eigenvalue weighted by Crippen LogP contribution is 2.29. The van der Waals surface area contributed by atoms with E-state index >= 15 is 0 Å². The van der Waals surface area contributed by atoms with E-state index in [2.05, 4.69) is 20.7 Å². The van der Waals surface area contributed by atoms with Gasteiger partial charge in [0.15, 0.2) is 5.65 Å². The summed E-state index contributed by atoms with van der Waals surface area (Å²) in [4.78, 5) is 13.7. The minimum atomic E-state index is -0.227. The molecule has 4 rings (SSSR count). The monoisotopic (exact) mass is 379 g/mol. The molecule has 0 saturated heterocycles. The van der Waals surface area contributed by atoms with Gasteiger partial charge < -0.3 is 4.52 Å². The number of amides is 1. The van der Waals surface area contributed by atoms with Crippen molar-refractivity contribution in [3.63, 3.8) is 0 Å². The van der Waals surface area contributed by atoms with Crippen molar-refractivity contribution >= 4 is 29.3 Å². The van der Waals surface area contributed by atoms with Crippen LogP contribution < -0.4 is 5.32 Å². The lowest BCUT2D eigenvalue weighted by atomic mass is 10.2. The van der Waals surface area contributed by atoms with Crippen molar-refractivity contribution in [3.05, 3.63) is 71.2 Å². The summed E-state index contributed by atoms with van der Waals surface area (Å²) < 4.78 is 6.95. The van der Waals surface area contributed by atoms with Gasteiger partial charge in [0.1, 0.15) is 5.76 Å². The molecule has 4 aromatic rings. The third-order valence-electron chi connectivity index (χ3n) is 4.22. The molecule has 0 fully saturated rings. The van der Waals surface area contributed by atoms with Crippen molar-refractivity contribution in [2.24, 2.45) is 0 Å². The number of anilines is 1. The highest BCUT2D eigenvalue weighted by molar-refractivity contribution is 7.98. The fraction of sp³-hybridized carbons (Fsp3) is 0.158. The summed E-state index contributed by atoms with van der Waals surface area (Å²) >= 11 is 1.57. The van der Waals surface area contributed by atoms with E-state index in [1.165, 1.54) is 0 Å². The number of fused-ring (bicyclic) bond motifs is 1. The number of hydrogen-bond donors (Lipinski definition) is 1. The van der Waals surface area contributed by atoms with Crippen LogP contribution in [0.5, 0.6) is 0 Å². The maximum absolute atomic E-state index is 12.8. The van der Waals surface area contributed by atoms with Crippen molar-refractivity contribution < 1.29 is 9.32 Å². The highest BCUT2D eigenvalue weighted by Gasteiger charge is 2.16. The minimum absolute atomic E-state index is 0.227. The van der Waals surface area contributed by atoms with Crippen LogP contribution in [0.1, 0.15) is 27.4 Å². The van der Waals surface area contributed by atoms with Crippen LogP contribution >= 0.6 is 11.8 Å². The van der Waals surface area contributed by atoms with Gasteiger partial charge in [0.25, 0.3) is 5.91 Å². The fourth-order valence-corrected chi connectivity index (χ4v) is 3.94. The lowest BCUT2D eigenvalue weighted by Crippen LogP contribution is -2.15. The molecule has 0 bridgehead atoms. The number of hydrogen-bond acceptors (Lipinski definition) is 6. The maximum Gasteiger partial charge on any atom is 0.259 e. The Balaban J connectivity index is 1.56. The summed E-state index contributed by atoms with van der Waals surface area (Å²) in [6.07, 6.45) is 1.81. The third kappa shape index (κ3) is 3.43. The number of nitrogens with one attached hydrogen (secondary N) is 1. The zero-order chi connectivity index (χ0) is 18.8. The molecule has 0 aliphatic rings. The average Bonchev–Trinajstić information content (AvgIpc) is 3.24. The Hall–Kier alpha value is -3.13. The summed E-state index contributed by atoms with van der Waals surface area (Å²) in [5, 5.41) is 14.9. The van der Waals surface area contributed by atoms with Crippen LogP contribution in [0.4, 0.5) is 5.95 Å². The molecular formula is C19H17N5O2S. The van der Waals surface area contributed by atoms with Crippen molar-refractivity contribution in [2.45, 2.75) is 24.5 Å². The third-order valence-corrected chi connectivity index (χ3v) is 5.32.